The highest BCUT2D eigenvalue weighted by Crippen LogP contribution is 2.39. The normalized spacial score (nSPS) is 15.0. The molecule has 0 fully saturated rings. The summed E-state index contributed by atoms with van der Waals surface area (Å²) in [6.07, 6.45) is 6.68. The van der Waals surface area contributed by atoms with Crippen molar-refractivity contribution in [1.29, 1.82) is 0 Å². The fraction of sp³-hybridized carbons (Fsp3) is 0.414. The first kappa shape index (κ1) is 24.9. The second-order valence-electron chi connectivity index (χ2n) is 9.53. The molecule has 2 atom stereocenters. The van der Waals surface area contributed by atoms with Gasteiger partial charge in [0.15, 0.2) is 0 Å². The van der Waals surface area contributed by atoms with Gasteiger partial charge in [0.2, 0.25) is 0 Å². The van der Waals surface area contributed by atoms with Crippen molar-refractivity contribution in [3.05, 3.63) is 82.7 Å². The van der Waals surface area contributed by atoms with Crippen molar-refractivity contribution in [3.63, 3.8) is 0 Å². The van der Waals surface area contributed by atoms with Gasteiger partial charge in [0.05, 0.1) is 26.7 Å². The average Bonchev–Trinajstić information content (AvgIpc) is 3.47. The van der Waals surface area contributed by atoms with Crippen molar-refractivity contribution < 1.29 is 24.5 Å². The van der Waals surface area contributed by atoms with E-state index in [1.54, 1.807) is 14.2 Å². The number of aromatic nitrogens is 1. The number of aliphatic hydroxyl groups excluding tert-OH is 1. The van der Waals surface area contributed by atoms with Gasteiger partial charge in [-0.25, -0.2) is 0 Å². The molecule has 0 radical (unpaired) electrons. The zero-order valence-electron chi connectivity index (χ0n) is 20.7. The van der Waals surface area contributed by atoms with E-state index in [1.807, 2.05) is 35.2 Å². The van der Waals surface area contributed by atoms with Crippen LogP contribution in [0.3, 0.4) is 0 Å². The minimum atomic E-state index is -0.849. The van der Waals surface area contributed by atoms with Gasteiger partial charge in [-0.05, 0) is 72.1 Å². The zero-order valence-corrected chi connectivity index (χ0v) is 20.7. The monoisotopic (exact) mass is 477 g/mol. The molecule has 0 amide bonds. The van der Waals surface area contributed by atoms with E-state index in [1.165, 1.54) is 11.1 Å². The summed E-state index contributed by atoms with van der Waals surface area (Å²) in [5.41, 5.74) is 5.30. The molecule has 6 nitrogen and oxygen atoms in total. The topological polar surface area (TPSA) is 80.9 Å². The van der Waals surface area contributed by atoms with Crippen LogP contribution in [0, 0.1) is 11.8 Å². The number of hydrogen-bond donors (Lipinski definition) is 2. The highest BCUT2D eigenvalue weighted by Gasteiger charge is 2.30. The number of benzene rings is 2. The number of aliphatic carboxylic acids is 1. The Morgan fingerprint density at radius 1 is 1.09 bits per heavy atom. The fourth-order valence-corrected chi connectivity index (χ4v) is 5.50. The summed E-state index contributed by atoms with van der Waals surface area (Å²) < 4.78 is 13.3. The number of carbonyl (C=O) groups is 1. The molecule has 4 rings (SSSR count). The molecule has 1 aliphatic rings. The lowest BCUT2D eigenvalue weighted by atomic mass is 9.85. The summed E-state index contributed by atoms with van der Waals surface area (Å²) in [5, 5.41) is 20.8. The molecule has 3 aromatic rings. The van der Waals surface area contributed by atoms with Gasteiger partial charge in [-0.1, -0.05) is 31.2 Å². The van der Waals surface area contributed by atoms with Crippen LogP contribution in [0.25, 0.3) is 0 Å². The van der Waals surface area contributed by atoms with E-state index in [2.05, 4.69) is 31.2 Å². The minimum Gasteiger partial charge on any atom is -0.496 e. The maximum absolute atomic E-state index is 11.7. The maximum atomic E-state index is 11.7. The molecule has 0 bridgehead atoms. The first-order valence-corrected chi connectivity index (χ1v) is 12.3. The summed E-state index contributed by atoms with van der Waals surface area (Å²) in [5.74, 6) is 0.967. The van der Waals surface area contributed by atoms with Crippen LogP contribution >= 0.6 is 0 Å². The molecule has 0 spiro atoms. The molecule has 1 aliphatic carbocycles. The van der Waals surface area contributed by atoms with Gasteiger partial charge >= 0.3 is 5.97 Å². The predicted molar refractivity (Wildman–Crippen MR) is 135 cm³/mol. The van der Waals surface area contributed by atoms with Gasteiger partial charge in [-0.2, -0.15) is 0 Å². The fourth-order valence-electron chi connectivity index (χ4n) is 5.50. The minimum absolute atomic E-state index is 0.00890. The molecule has 35 heavy (non-hydrogen) atoms. The van der Waals surface area contributed by atoms with Crippen LogP contribution in [0.15, 0.2) is 54.9 Å². The molecule has 0 saturated heterocycles. The lowest BCUT2D eigenvalue weighted by molar-refractivity contribution is -0.136. The Morgan fingerprint density at radius 2 is 1.71 bits per heavy atom. The highest BCUT2D eigenvalue weighted by atomic mass is 16.5. The third-order valence-corrected chi connectivity index (χ3v) is 7.16. The first-order chi connectivity index (χ1) is 16.9. The lowest BCUT2D eigenvalue weighted by Crippen LogP contribution is -2.22. The van der Waals surface area contributed by atoms with Crippen LogP contribution in [0.1, 0.15) is 47.3 Å². The van der Waals surface area contributed by atoms with Crippen LogP contribution in [0.5, 0.6) is 11.5 Å². The van der Waals surface area contributed by atoms with Crippen molar-refractivity contribution in [1.82, 2.24) is 4.57 Å². The molecular weight excluding hydrogens is 442 g/mol. The van der Waals surface area contributed by atoms with E-state index in [0.717, 1.165) is 53.9 Å². The molecule has 2 N–H and O–H groups in total. The van der Waals surface area contributed by atoms with E-state index in [0.29, 0.717) is 12.5 Å². The number of rotatable bonds is 11. The van der Waals surface area contributed by atoms with Crippen LogP contribution in [-0.2, 0) is 37.0 Å². The third-order valence-electron chi connectivity index (χ3n) is 7.16. The lowest BCUT2D eigenvalue weighted by Gasteiger charge is -2.27. The van der Waals surface area contributed by atoms with Gasteiger partial charge in [-0.15, -0.1) is 0 Å². The number of ether oxygens (including phenoxy) is 2. The maximum Gasteiger partial charge on any atom is 0.307 e. The van der Waals surface area contributed by atoms with Crippen LogP contribution < -0.4 is 9.47 Å². The molecule has 0 unspecified atom stereocenters. The second-order valence-corrected chi connectivity index (χ2v) is 9.53. The molecule has 0 aliphatic heterocycles. The molecule has 6 heteroatoms. The zero-order chi connectivity index (χ0) is 24.9. The molecule has 1 aromatic heterocycles. The summed E-state index contributed by atoms with van der Waals surface area (Å²) in [7, 11) is 3.28. The number of hydrogen-bond acceptors (Lipinski definition) is 4. The van der Waals surface area contributed by atoms with E-state index in [-0.39, 0.29) is 12.3 Å². The Balaban J connectivity index is 1.61. The first-order valence-electron chi connectivity index (χ1n) is 12.3. The molecular formula is C29H35NO5. The van der Waals surface area contributed by atoms with Gasteiger partial charge < -0.3 is 24.3 Å². The second kappa shape index (κ2) is 11.0. The summed E-state index contributed by atoms with van der Waals surface area (Å²) in [6, 6.07) is 14.3. The van der Waals surface area contributed by atoms with Crippen molar-refractivity contribution in [2.75, 3.05) is 14.2 Å². The van der Waals surface area contributed by atoms with Crippen molar-refractivity contribution in [2.24, 2.45) is 11.8 Å². The molecule has 2 aromatic carbocycles. The number of fused-ring (bicyclic) bond motifs is 1. The Morgan fingerprint density at radius 3 is 2.26 bits per heavy atom. The Bertz CT molecular complexity index is 1120. The summed E-state index contributed by atoms with van der Waals surface area (Å²) in [6.45, 7) is 2.64. The quantitative estimate of drug-likeness (QED) is 0.413. The highest BCUT2D eigenvalue weighted by molar-refractivity contribution is 5.70. The van der Waals surface area contributed by atoms with Gasteiger partial charge in [0.25, 0.3) is 0 Å². The summed E-state index contributed by atoms with van der Waals surface area (Å²) in [4.78, 5) is 11.1. The SMILES string of the molecule is CCc1c(OC)cc([C@@H](O)[C@H](CC2Cc3ccccc3C2)Cn2ccc(CC(=O)O)c2)cc1OC. The molecule has 1 heterocycles. The number of carboxylic acids is 1. The Hall–Kier alpha value is -3.25. The van der Waals surface area contributed by atoms with E-state index in [9.17, 15) is 9.90 Å². The van der Waals surface area contributed by atoms with Gasteiger partial charge in [0.1, 0.15) is 11.5 Å². The van der Waals surface area contributed by atoms with Crippen LogP contribution in [-0.4, -0.2) is 35.0 Å². The average molecular weight is 478 g/mol. The van der Waals surface area contributed by atoms with Crippen molar-refractivity contribution in [2.45, 2.75) is 51.7 Å². The van der Waals surface area contributed by atoms with Gasteiger partial charge in [0, 0.05) is 30.4 Å². The number of carboxylic acid groups (broad SMARTS) is 1. The van der Waals surface area contributed by atoms with Crippen LogP contribution in [0.4, 0.5) is 0 Å². The van der Waals surface area contributed by atoms with Crippen molar-refractivity contribution in [3.8, 4) is 11.5 Å². The standard InChI is InChI=1S/C29H35NO5/c1-4-25-26(34-2)15-23(16-27(25)35-3)29(33)24(18-30-10-9-19(17-30)14-28(31)32)13-20-11-21-7-5-6-8-22(21)12-20/h5-10,15-17,20,24,29,33H,4,11-14,18H2,1-3H3,(H,31,32)/t24-,29-/m1/s1. The Labute approximate surface area is 207 Å². The largest absolute Gasteiger partial charge is 0.496 e. The molecule has 186 valence electrons. The molecule has 0 saturated carbocycles. The number of aliphatic hydroxyl groups is 1. The summed E-state index contributed by atoms with van der Waals surface area (Å²) >= 11 is 0. The van der Waals surface area contributed by atoms with E-state index < -0.39 is 12.1 Å². The smallest absolute Gasteiger partial charge is 0.307 e. The Kier molecular flexibility index (Phi) is 7.81. The van der Waals surface area contributed by atoms with E-state index in [4.69, 9.17) is 14.6 Å². The number of methoxy groups -OCH3 is 2. The number of nitrogens with zero attached hydrogens (tertiary/aromatic N) is 1. The van der Waals surface area contributed by atoms with E-state index >= 15 is 0 Å². The van der Waals surface area contributed by atoms with Gasteiger partial charge in [-0.3, -0.25) is 4.79 Å². The third kappa shape index (κ3) is 5.70. The predicted octanol–water partition coefficient (Wildman–Crippen LogP) is 4.85. The van der Waals surface area contributed by atoms with Crippen molar-refractivity contribution >= 4 is 5.97 Å². The van der Waals surface area contributed by atoms with Crippen LogP contribution in [0.2, 0.25) is 0 Å².